The number of carbonyl (C=O) groups is 1. The Hall–Kier alpha value is -1.14. The van der Waals surface area contributed by atoms with Gasteiger partial charge in [0, 0.05) is 22.8 Å². The van der Waals surface area contributed by atoms with Crippen LogP contribution in [0.3, 0.4) is 0 Å². The van der Waals surface area contributed by atoms with E-state index in [1.54, 1.807) is 12.3 Å². The van der Waals surface area contributed by atoms with E-state index in [-0.39, 0.29) is 5.76 Å². The minimum absolute atomic E-state index is 0.0496. The second-order valence-corrected chi connectivity index (χ2v) is 4.93. The number of rotatable bonds is 7. The van der Waals surface area contributed by atoms with Crippen LogP contribution < -0.4 is 5.32 Å². The van der Waals surface area contributed by atoms with Crippen LogP contribution in [0.5, 0.6) is 0 Å². The van der Waals surface area contributed by atoms with Gasteiger partial charge in [-0.2, -0.15) is 0 Å². The average Bonchev–Trinajstić information content (AvgIpc) is 2.65. The van der Waals surface area contributed by atoms with Crippen molar-refractivity contribution < 1.29 is 18.5 Å². The molecule has 0 amide bonds. The molecule has 0 bridgehead atoms. The molecule has 0 aliphatic carbocycles. The Kier molecular flexibility index (Phi) is 5.21. The van der Waals surface area contributed by atoms with Gasteiger partial charge in [-0.1, -0.05) is 0 Å². The van der Waals surface area contributed by atoms with Gasteiger partial charge in [0.2, 0.25) is 5.76 Å². The van der Waals surface area contributed by atoms with Crippen molar-refractivity contribution in [2.75, 3.05) is 18.6 Å². The quantitative estimate of drug-likeness (QED) is 0.696. The Bertz CT molecular complexity index is 375. The van der Waals surface area contributed by atoms with E-state index < -0.39 is 16.8 Å². The molecule has 16 heavy (non-hydrogen) atoms. The van der Waals surface area contributed by atoms with E-state index in [9.17, 15) is 9.00 Å². The Labute approximate surface area is 96.3 Å². The molecule has 1 rings (SSSR count). The molecule has 5 nitrogen and oxygen atoms in total. The van der Waals surface area contributed by atoms with E-state index in [1.807, 2.05) is 0 Å². The maximum Gasteiger partial charge on any atom is 0.371 e. The molecule has 1 atom stereocenters. The molecule has 0 fully saturated rings. The average molecular weight is 245 g/mol. The third-order valence-electron chi connectivity index (χ3n) is 1.96. The SMILES string of the molecule is CS(=O)CCCNCc1ccc(C(=O)O)o1. The number of nitrogens with one attached hydrogen (secondary N) is 1. The summed E-state index contributed by atoms with van der Waals surface area (Å²) in [5.41, 5.74) is 0. The van der Waals surface area contributed by atoms with Gasteiger partial charge in [-0.05, 0) is 25.1 Å². The van der Waals surface area contributed by atoms with Gasteiger partial charge in [-0.3, -0.25) is 4.21 Å². The molecule has 1 unspecified atom stereocenters. The zero-order chi connectivity index (χ0) is 12.0. The van der Waals surface area contributed by atoms with Crippen LogP contribution in [0.4, 0.5) is 0 Å². The zero-order valence-electron chi connectivity index (χ0n) is 9.06. The van der Waals surface area contributed by atoms with E-state index in [2.05, 4.69) is 5.32 Å². The molecular formula is C10H15NO4S. The van der Waals surface area contributed by atoms with Crippen LogP contribution in [-0.2, 0) is 17.3 Å². The van der Waals surface area contributed by atoms with Gasteiger partial charge in [-0.25, -0.2) is 4.79 Å². The fraction of sp³-hybridized carbons (Fsp3) is 0.500. The highest BCUT2D eigenvalue weighted by Crippen LogP contribution is 2.07. The number of aromatic carboxylic acids is 1. The summed E-state index contributed by atoms with van der Waals surface area (Å²) in [4.78, 5) is 10.5. The highest BCUT2D eigenvalue weighted by Gasteiger charge is 2.07. The van der Waals surface area contributed by atoms with Crippen LogP contribution >= 0.6 is 0 Å². The Morgan fingerprint density at radius 3 is 2.88 bits per heavy atom. The van der Waals surface area contributed by atoms with Crippen LogP contribution in [0.1, 0.15) is 22.7 Å². The molecule has 0 aliphatic heterocycles. The lowest BCUT2D eigenvalue weighted by molar-refractivity contribution is 0.0660. The number of hydrogen-bond acceptors (Lipinski definition) is 4. The summed E-state index contributed by atoms with van der Waals surface area (Å²) in [5, 5.41) is 11.7. The van der Waals surface area contributed by atoms with Gasteiger partial charge in [-0.15, -0.1) is 0 Å². The highest BCUT2D eigenvalue weighted by molar-refractivity contribution is 7.84. The van der Waals surface area contributed by atoms with Crippen LogP contribution in [-0.4, -0.2) is 33.8 Å². The molecule has 6 heteroatoms. The normalized spacial score (nSPS) is 12.6. The van der Waals surface area contributed by atoms with Gasteiger partial charge in [0.05, 0.1) is 6.54 Å². The summed E-state index contributed by atoms with van der Waals surface area (Å²) < 4.78 is 15.8. The molecule has 0 aromatic carbocycles. The number of hydrogen-bond donors (Lipinski definition) is 2. The first-order valence-electron chi connectivity index (χ1n) is 4.92. The molecular weight excluding hydrogens is 230 g/mol. The second-order valence-electron chi connectivity index (χ2n) is 3.38. The maximum atomic E-state index is 10.8. The number of carboxylic acids is 1. The molecule has 90 valence electrons. The molecule has 1 aromatic heterocycles. The van der Waals surface area contributed by atoms with Crippen molar-refractivity contribution in [1.82, 2.24) is 5.32 Å². The standard InChI is InChI=1S/C10H15NO4S/c1-16(14)6-2-5-11-7-8-3-4-9(15-8)10(12)13/h3-4,11H,2,5-7H2,1H3,(H,12,13). The molecule has 0 saturated heterocycles. The zero-order valence-corrected chi connectivity index (χ0v) is 9.88. The lowest BCUT2D eigenvalue weighted by Gasteiger charge is -2.00. The van der Waals surface area contributed by atoms with Crippen molar-refractivity contribution in [3.05, 3.63) is 23.7 Å². The van der Waals surface area contributed by atoms with Crippen LogP contribution in [0.25, 0.3) is 0 Å². The van der Waals surface area contributed by atoms with Crippen molar-refractivity contribution in [1.29, 1.82) is 0 Å². The van der Waals surface area contributed by atoms with E-state index in [0.29, 0.717) is 18.1 Å². The molecule has 0 aliphatic rings. The van der Waals surface area contributed by atoms with Gasteiger partial charge >= 0.3 is 5.97 Å². The largest absolute Gasteiger partial charge is 0.475 e. The third-order valence-corrected chi connectivity index (χ3v) is 2.82. The summed E-state index contributed by atoms with van der Waals surface area (Å²) in [6, 6.07) is 3.06. The number of carboxylic acid groups (broad SMARTS) is 1. The van der Waals surface area contributed by atoms with Crippen LogP contribution in [0.2, 0.25) is 0 Å². The van der Waals surface area contributed by atoms with Gasteiger partial charge in [0.25, 0.3) is 0 Å². The third kappa shape index (κ3) is 4.59. The summed E-state index contributed by atoms with van der Waals surface area (Å²) in [7, 11) is -0.757. The van der Waals surface area contributed by atoms with Gasteiger partial charge in [0.1, 0.15) is 5.76 Å². The van der Waals surface area contributed by atoms with Crippen molar-refractivity contribution in [3.63, 3.8) is 0 Å². The highest BCUT2D eigenvalue weighted by atomic mass is 32.2. The number of furan rings is 1. The minimum atomic E-state index is -1.06. The van der Waals surface area contributed by atoms with Crippen molar-refractivity contribution in [3.8, 4) is 0 Å². The van der Waals surface area contributed by atoms with Crippen LogP contribution in [0.15, 0.2) is 16.5 Å². The molecule has 0 spiro atoms. The van der Waals surface area contributed by atoms with E-state index >= 15 is 0 Å². The maximum absolute atomic E-state index is 10.8. The Morgan fingerprint density at radius 2 is 2.31 bits per heavy atom. The van der Waals surface area contributed by atoms with Gasteiger partial charge in [0.15, 0.2) is 0 Å². The fourth-order valence-electron chi connectivity index (χ4n) is 1.20. The van der Waals surface area contributed by atoms with Crippen molar-refractivity contribution >= 4 is 16.8 Å². The lowest BCUT2D eigenvalue weighted by Crippen LogP contribution is -2.16. The summed E-state index contributed by atoms with van der Waals surface area (Å²) in [5.74, 6) is 0.153. The van der Waals surface area contributed by atoms with E-state index in [1.165, 1.54) is 6.07 Å². The second kappa shape index (κ2) is 6.44. The monoisotopic (exact) mass is 245 g/mol. The van der Waals surface area contributed by atoms with Gasteiger partial charge < -0.3 is 14.8 Å². The molecule has 1 aromatic rings. The lowest BCUT2D eigenvalue weighted by atomic mass is 10.4. The smallest absolute Gasteiger partial charge is 0.371 e. The topological polar surface area (TPSA) is 79.5 Å². The predicted molar refractivity (Wildman–Crippen MR) is 60.9 cm³/mol. The first-order chi connectivity index (χ1) is 7.59. The summed E-state index contributed by atoms with van der Waals surface area (Å²) >= 11 is 0. The first kappa shape index (κ1) is 12.9. The van der Waals surface area contributed by atoms with E-state index in [0.717, 1.165) is 13.0 Å². The molecule has 1 heterocycles. The van der Waals surface area contributed by atoms with Crippen molar-refractivity contribution in [2.45, 2.75) is 13.0 Å². The fourth-order valence-corrected chi connectivity index (χ4v) is 1.75. The molecule has 0 saturated carbocycles. The van der Waals surface area contributed by atoms with Crippen molar-refractivity contribution in [2.24, 2.45) is 0 Å². The minimum Gasteiger partial charge on any atom is -0.475 e. The summed E-state index contributed by atoms with van der Waals surface area (Å²) in [6.45, 7) is 1.23. The summed E-state index contributed by atoms with van der Waals surface area (Å²) in [6.07, 6.45) is 2.50. The molecule has 0 radical (unpaired) electrons. The van der Waals surface area contributed by atoms with E-state index in [4.69, 9.17) is 9.52 Å². The van der Waals surface area contributed by atoms with Crippen LogP contribution in [0, 0.1) is 0 Å². The first-order valence-corrected chi connectivity index (χ1v) is 6.65. The predicted octanol–water partition coefficient (Wildman–Crippen LogP) is 0.836. The Morgan fingerprint density at radius 1 is 1.56 bits per heavy atom. The molecule has 2 N–H and O–H groups in total. The Balaban J connectivity index is 2.21.